The Labute approximate surface area is 103 Å². The summed E-state index contributed by atoms with van der Waals surface area (Å²) >= 11 is 0. The van der Waals surface area contributed by atoms with E-state index in [9.17, 15) is 4.79 Å². The van der Waals surface area contributed by atoms with E-state index in [2.05, 4.69) is 30.3 Å². The first-order valence-corrected chi connectivity index (χ1v) is 6.78. The van der Waals surface area contributed by atoms with Gasteiger partial charge in [-0.25, -0.2) is 0 Å². The molecule has 0 heterocycles. The monoisotopic (exact) mass is 228 g/mol. The van der Waals surface area contributed by atoms with Crippen LogP contribution in [0.1, 0.15) is 51.0 Å². The van der Waals surface area contributed by atoms with Crippen molar-refractivity contribution in [1.29, 1.82) is 0 Å². The van der Waals surface area contributed by atoms with E-state index >= 15 is 0 Å². The van der Waals surface area contributed by atoms with Crippen LogP contribution in [0.4, 0.5) is 0 Å². The molecule has 0 N–H and O–H groups in total. The molecule has 1 aromatic carbocycles. The van der Waals surface area contributed by atoms with Crippen molar-refractivity contribution in [2.75, 3.05) is 0 Å². The Morgan fingerprint density at radius 1 is 1.00 bits per heavy atom. The van der Waals surface area contributed by atoms with Crippen LogP contribution >= 0.6 is 0 Å². The predicted molar refractivity (Wildman–Crippen MR) is 68.9 cm³/mol. The zero-order valence-corrected chi connectivity index (χ0v) is 10.5. The van der Waals surface area contributed by atoms with Crippen molar-refractivity contribution < 1.29 is 4.79 Å². The molecular formula is C16H20O. The zero-order valence-electron chi connectivity index (χ0n) is 10.5. The third-order valence-electron chi connectivity index (χ3n) is 5.12. The lowest BCUT2D eigenvalue weighted by atomic mass is 9.65. The molecule has 1 heteroatoms. The van der Waals surface area contributed by atoms with E-state index in [1.54, 1.807) is 6.92 Å². The van der Waals surface area contributed by atoms with E-state index in [-0.39, 0.29) is 10.8 Å². The van der Waals surface area contributed by atoms with Gasteiger partial charge in [0.15, 0.2) is 0 Å². The van der Waals surface area contributed by atoms with E-state index in [0.717, 1.165) is 12.8 Å². The van der Waals surface area contributed by atoms with Gasteiger partial charge in [-0.3, -0.25) is 4.79 Å². The summed E-state index contributed by atoms with van der Waals surface area (Å²) < 4.78 is 0. The van der Waals surface area contributed by atoms with Crippen LogP contribution in [0.25, 0.3) is 0 Å². The highest BCUT2D eigenvalue weighted by atomic mass is 16.1. The van der Waals surface area contributed by atoms with Crippen molar-refractivity contribution in [2.24, 2.45) is 5.41 Å². The van der Waals surface area contributed by atoms with Crippen molar-refractivity contribution in [3.05, 3.63) is 35.9 Å². The Balaban J connectivity index is 2.09. The van der Waals surface area contributed by atoms with Crippen LogP contribution in [-0.2, 0) is 10.2 Å². The van der Waals surface area contributed by atoms with Crippen molar-refractivity contribution in [3.63, 3.8) is 0 Å². The fourth-order valence-corrected chi connectivity index (χ4v) is 4.07. The molecule has 2 aliphatic carbocycles. The average molecular weight is 228 g/mol. The van der Waals surface area contributed by atoms with Gasteiger partial charge in [-0.05, 0) is 38.2 Å². The third-order valence-corrected chi connectivity index (χ3v) is 5.12. The van der Waals surface area contributed by atoms with Gasteiger partial charge in [-0.1, -0.05) is 43.2 Å². The van der Waals surface area contributed by atoms with Crippen LogP contribution in [0.2, 0.25) is 0 Å². The van der Waals surface area contributed by atoms with Gasteiger partial charge in [0, 0.05) is 10.8 Å². The molecule has 0 amide bonds. The molecule has 0 unspecified atom stereocenters. The van der Waals surface area contributed by atoms with Crippen molar-refractivity contribution in [1.82, 2.24) is 0 Å². The van der Waals surface area contributed by atoms with E-state index in [0.29, 0.717) is 5.78 Å². The Bertz CT molecular complexity index is 422. The van der Waals surface area contributed by atoms with Crippen LogP contribution in [0.3, 0.4) is 0 Å². The standard InChI is InChI=1S/C16H20O/c1-13(17)15(11-12-15)16(9-5-6-10-16)14-7-3-2-4-8-14/h2-4,7-8H,5-6,9-12H2,1H3. The van der Waals surface area contributed by atoms with Crippen LogP contribution < -0.4 is 0 Å². The number of Topliss-reactive ketones (excluding diaryl/α,β-unsaturated/α-hetero) is 1. The number of rotatable bonds is 3. The molecule has 3 rings (SSSR count). The number of carbonyl (C=O) groups is 1. The van der Waals surface area contributed by atoms with Gasteiger partial charge in [0.1, 0.15) is 5.78 Å². The van der Waals surface area contributed by atoms with Gasteiger partial charge < -0.3 is 0 Å². The SMILES string of the molecule is CC(=O)C1(C2(c3ccccc3)CCCC2)CC1. The van der Waals surface area contributed by atoms with Gasteiger partial charge in [-0.15, -0.1) is 0 Å². The molecule has 1 aromatic rings. The van der Waals surface area contributed by atoms with Crippen molar-refractivity contribution >= 4 is 5.78 Å². The molecule has 0 saturated heterocycles. The second-order valence-corrected chi connectivity index (χ2v) is 5.79. The summed E-state index contributed by atoms with van der Waals surface area (Å²) in [5, 5.41) is 0. The lowest BCUT2D eigenvalue weighted by molar-refractivity contribution is -0.124. The second kappa shape index (κ2) is 3.69. The number of carbonyl (C=O) groups excluding carboxylic acids is 1. The molecule has 1 nitrogen and oxygen atoms in total. The maximum atomic E-state index is 12.1. The molecular weight excluding hydrogens is 208 g/mol. The first-order valence-electron chi connectivity index (χ1n) is 6.78. The predicted octanol–water partition coefficient (Wildman–Crippen LogP) is 3.87. The van der Waals surface area contributed by atoms with E-state index in [4.69, 9.17) is 0 Å². The van der Waals surface area contributed by atoms with Crippen LogP contribution in [0, 0.1) is 5.41 Å². The Hall–Kier alpha value is -1.11. The molecule has 0 aromatic heterocycles. The molecule has 0 spiro atoms. The quantitative estimate of drug-likeness (QED) is 0.767. The van der Waals surface area contributed by atoms with Gasteiger partial charge >= 0.3 is 0 Å². The first-order chi connectivity index (χ1) is 8.21. The van der Waals surface area contributed by atoms with Crippen LogP contribution in [0.5, 0.6) is 0 Å². The largest absolute Gasteiger partial charge is 0.299 e. The summed E-state index contributed by atoms with van der Waals surface area (Å²) in [5.74, 6) is 0.420. The van der Waals surface area contributed by atoms with E-state index < -0.39 is 0 Å². The normalized spacial score (nSPS) is 24.5. The number of benzene rings is 1. The maximum absolute atomic E-state index is 12.1. The highest BCUT2D eigenvalue weighted by Crippen LogP contribution is 2.65. The number of ketones is 1. The lowest BCUT2D eigenvalue weighted by Gasteiger charge is -2.37. The van der Waals surface area contributed by atoms with Crippen LogP contribution in [-0.4, -0.2) is 5.78 Å². The second-order valence-electron chi connectivity index (χ2n) is 5.79. The van der Waals surface area contributed by atoms with E-state index in [1.807, 2.05) is 0 Å². The minimum Gasteiger partial charge on any atom is -0.299 e. The molecule has 2 fully saturated rings. The molecule has 90 valence electrons. The maximum Gasteiger partial charge on any atom is 0.136 e. The van der Waals surface area contributed by atoms with Gasteiger partial charge in [0.2, 0.25) is 0 Å². The highest BCUT2D eigenvalue weighted by Gasteiger charge is 2.63. The number of hydrogen-bond acceptors (Lipinski definition) is 1. The topological polar surface area (TPSA) is 17.1 Å². The lowest BCUT2D eigenvalue weighted by Crippen LogP contribution is -2.38. The fraction of sp³-hybridized carbons (Fsp3) is 0.562. The Kier molecular flexibility index (Phi) is 2.39. The van der Waals surface area contributed by atoms with Crippen molar-refractivity contribution in [3.8, 4) is 0 Å². The molecule has 2 saturated carbocycles. The molecule has 0 aliphatic heterocycles. The van der Waals surface area contributed by atoms with Gasteiger partial charge in [0.05, 0.1) is 0 Å². The first kappa shape index (κ1) is 11.0. The summed E-state index contributed by atoms with van der Waals surface area (Å²) in [5.41, 5.74) is 1.57. The summed E-state index contributed by atoms with van der Waals surface area (Å²) in [6, 6.07) is 10.8. The van der Waals surface area contributed by atoms with Crippen LogP contribution in [0.15, 0.2) is 30.3 Å². The summed E-state index contributed by atoms with van der Waals surface area (Å²) in [4.78, 5) is 12.1. The van der Waals surface area contributed by atoms with E-state index in [1.165, 1.54) is 31.2 Å². The highest BCUT2D eigenvalue weighted by molar-refractivity contribution is 5.87. The Morgan fingerprint density at radius 2 is 1.59 bits per heavy atom. The molecule has 0 atom stereocenters. The zero-order chi connectivity index (χ0) is 11.9. The fourth-order valence-electron chi connectivity index (χ4n) is 4.07. The Morgan fingerprint density at radius 3 is 2.06 bits per heavy atom. The molecule has 2 aliphatic rings. The summed E-state index contributed by atoms with van der Waals surface area (Å²) in [6.07, 6.45) is 7.19. The minimum absolute atomic E-state index is 0.00907. The van der Waals surface area contributed by atoms with Gasteiger partial charge in [-0.2, -0.15) is 0 Å². The van der Waals surface area contributed by atoms with Gasteiger partial charge in [0.25, 0.3) is 0 Å². The summed E-state index contributed by atoms with van der Waals surface area (Å²) in [6.45, 7) is 1.80. The molecule has 0 bridgehead atoms. The third kappa shape index (κ3) is 1.41. The van der Waals surface area contributed by atoms with Crippen molar-refractivity contribution in [2.45, 2.75) is 50.9 Å². The summed E-state index contributed by atoms with van der Waals surface area (Å²) in [7, 11) is 0. The molecule has 0 radical (unpaired) electrons. The molecule has 17 heavy (non-hydrogen) atoms. The average Bonchev–Trinajstić information content (AvgIpc) is 3.03. The smallest absolute Gasteiger partial charge is 0.136 e. The number of hydrogen-bond donors (Lipinski definition) is 0. The minimum atomic E-state index is -0.00907.